The standard InChI is InChI=1S/C14H21NO5S/c1-4-10(2)11-5-7-12(8-6-11)21(19,20)15-9-14(3,18)13(16)17/h5-8,10,15,18H,4,9H2,1-3H3,(H,16,17). The summed E-state index contributed by atoms with van der Waals surface area (Å²) < 4.78 is 26.2. The molecule has 1 aromatic rings. The van der Waals surface area contributed by atoms with E-state index in [0.29, 0.717) is 5.92 Å². The molecule has 0 spiro atoms. The van der Waals surface area contributed by atoms with E-state index in [1.807, 2.05) is 13.8 Å². The number of carboxylic acid groups (broad SMARTS) is 1. The van der Waals surface area contributed by atoms with Crippen LogP contribution in [0.3, 0.4) is 0 Å². The maximum atomic E-state index is 12.0. The Morgan fingerprint density at radius 2 is 1.86 bits per heavy atom. The predicted molar refractivity (Wildman–Crippen MR) is 78.6 cm³/mol. The largest absolute Gasteiger partial charge is 0.479 e. The highest BCUT2D eigenvalue weighted by atomic mass is 32.2. The summed E-state index contributed by atoms with van der Waals surface area (Å²) in [6, 6.07) is 6.41. The molecule has 1 aromatic carbocycles. The molecule has 2 unspecified atom stereocenters. The molecule has 2 atom stereocenters. The third-order valence-corrected chi connectivity index (χ3v) is 4.86. The Bertz CT molecular complexity index is 592. The molecule has 0 saturated carbocycles. The van der Waals surface area contributed by atoms with Crippen molar-refractivity contribution >= 4 is 16.0 Å². The zero-order valence-corrected chi connectivity index (χ0v) is 13.1. The SMILES string of the molecule is CCC(C)c1ccc(S(=O)(=O)NCC(C)(O)C(=O)O)cc1. The van der Waals surface area contributed by atoms with E-state index in [4.69, 9.17) is 5.11 Å². The molecule has 0 aliphatic rings. The van der Waals surface area contributed by atoms with Crippen LogP contribution in [0, 0.1) is 0 Å². The Morgan fingerprint density at radius 1 is 1.33 bits per heavy atom. The van der Waals surface area contributed by atoms with Crippen molar-refractivity contribution in [2.45, 2.75) is 43.6 Å². The summed E-state index contributed by atoms with van der Waals surface area (Å²) in [6.07, 6.45) is 0.950. The van der Waals surface area contributed by atoms with Crippen LogP contribution in [0.15, 0.2) is 29.2 Å². The van der Waals surface area contributed by atoms with Crippen molar-refractivity contribution in [2.75, 3.05) is 6.54 Å². The minimum absolute atomic E-state index is 0.0377. The van der Waals surface area contributed by atoms with Gasteiger partial charge in [-0.05, 0) is 37.0 Å². The first-order valence-corrected chi connectivity index (χ1v) is 8.14. The third kappa shape index (κ3) is 4.52. The van der Waals surface area contributed by atoms with Crippen LogP contribution in [0.4, 0.5) is 0 Å². The average molecular weight is 315 g/mol. The molecular weight excluding hydrogens is 294 g/mol. The summed E-state index contributed by atoms with van der Waals surface area (Å²) in [6.45, 7) is 4.53. The lowest BCUT2D eigenvalue weighted by Gasteiger charge is -2.18. The predicted octanol–water partition coefficient (Wildman–Crippen LogP) is 1.31. The highest BCUT2D eigenvalue weighted by Gasteiger charge is 2.31. The molecule has 0 fully saturated rings. The van der Waals surface area contributed by atoms with Gasteiger partial charge in [0.15, 0.2) is 5.60 Å². The number of hydrogen-bond donors (Lipinski definition) is 3. The number of aliphatic carboxylic acids is 1. The number of carboxylic acids is 1. The summed E-state index contributed by atoms with van der Waals surface area (Å²) in [5.41, 5.74) is -1.11. The topological polar surface area (TPSA) is 104 Å². The summed E-state index contributed by atoms with van der Waals surface area (Å²) in [5.74, 6) is -1.15. The van der Waals surface area contributed by atoms with Gasteiger partial charge in [-0.25, -0.2) is 17.9 Å². The van der Waals surface area contributed by atoms with Gasteiger partial charge in [-0.1, -0.05) is 26.0 Å². The molecule has 0 radical (unpaired) electrons. The molecule has 118 valence electrons. The van der Waals surface area contributed by atoms with E-state index in [1.54, 1.807) is 12.1 Å². The van der Waals surface area contributed by atoms with Gasteiger partial charge in [0.2, 0.25) is 10.0 Å². The third-order valence-electron chi connectivity index (χ3n) is 3.44. The van der Waals surface area contributed by atoms with E-state index in [1.165, 1.54) is 12.1 Å². The fraction of sp³-hybridized carbons (Fsp3) is 0.500. The second-order valence-electron chi connectivity index (χ2n) is 5.28. The second kappa shape index (κ2) is 6.55. The van der Waals surface area contributed by atoms with Crippen LogP contribution in [0.2, 0.25) is 0 Å². The van der Waals surface area contributed by atoms with Gasteiger partial charge in [0, 0.05) is 0 Å². The lowest BCUT2D eigenvalue weighted by atomic mass is 9.99. The van der Waals surface area contributed by atoms with Gasteiger partial charge in [-0.3, -0.25) is 0 Å². The maximum absolute atomic E-state index is 12.0. The van der Waals surface area contributed by atoms with Crippen molar-refractivity contribution in [1.29, 1.82) is 0 Å². The first-order chi connectivity index (χ1) is 9.60. The lowest BCUT2D eigenvalue weighted by Crippen LogP contribution is -2.46. The van der Waals surface area contributed by atoms with E-state index in [-0.39, 0.29) is 4.90 Å². The van der Waals surface area contributed by atoms with Gasteiger partial charge in [0.1, 0.15) is 0 Å². The summed E-state index contributed by atoms with van der Waals surface area (Å²) in [4.78, 5) is 10.8. The highest BCUT2D eigenvalue weighted by molar-refractivity contribution is 7.89. The maximum Gasteiger partial charge on any atom is 0.336 e. The van der Waals surface area contributed by atoms with E-state index in [9.17, 15) is 18.3 Å². The van der Waals surface area contributed by atoms with Gasteiger partial charge in [-0.15, -0.1) is 0 Å². The van der Waals surface area contributed by atoms with Crippen molar-refractivity contribution in [3.63, 3.8) is 0 Å². The number of aliphatic hydroxyl groups is 1. The fourth-order valence-corrected chi connectivity index (χ4v) is 2.74. The molecular formula is C14H21NO5S. The Morgan fingerprint density at radius 3 is 2.29 bits per heavy atom. The molecule has 0 aliphatic carbocycles. The Balaban J connectivity index is 2.86. The summed E-state index contributed by atoms with van der Waals surface area (Å²) in [7, 11) is -3.85. The number of nitrogens with one attached hydrogen (secondary N) is 1. The molecule has 0 aliphatic heterocycles. The molecule has 0 heterocycles. The molecule has 7 heteroatoms. The Labute approximate surface area is 124 Å². The molecule has 6 nitrogen and oxygen atoms in total. The van der Waals surface area contributed by atoms with Crippen LogP contribution in [0.25, 0.3) is 0 Å². The van der Waals surface area contributed by atoms with Gasteiger partial charge < -0.3 is 10.2 Å². The lowest BCUT2D eigenvalue weighted by molar-refractivity contribution is -0.155. The summed E-state index contributed by atoms with van der Waals surface area (Å²) >= 11 is 0. The quantitative estimate of drug-likeness (QED) is 0.704. The Hall–Kier alpha value is -1.44. The van der Waals surface area contributed by atoms with Crippen LogP contribution in [0.1, 0.15) is 38.7 Å². The van der Waals surface area contributed by atoms with Crippen LogP contribution >= 0.6 is 0 Å². The molecule has 1 rings (SSSR count). The number of benzene rings is 1. The summed E-state index contributed by atoms with van der Waals surface area (Å²) in [5, 5.41) is 18.3. The molecule has 3 N–H and O–H groups in total. The number of rotatable bonds is 7. The van der Waals surface area contributed by atoms with Crippen LogP contribution < -0.4 is 4.72 Å². The number of sulfonamides is 1. The fourth-order valence-electron chi connectivity index (χ4n) is 1.61. The number of carbonyl (C=O) groups is 1. The molecule has 0 bridgehead atoms. The van der Waals surface area contributed by atoms with Crippen LogP contribution in [-0.4, -0.2) is 36.7 Å². The van der Waals surface area contributed by atoms with Gasteiger partial charge in [0.25, 0.3) is 0 Å². The monoisotopic (exact) mass is 315 g/mol. The van der Waals surface area contributed by atoms with Crippen molar-refractivity contribution in [3.8, 4) is 0 Å². The van der Waals surface area contributed by atoms with Gasteiger partial charge >= 0.3 is 5.97 Å². The Kier molecular flexibility index (Phi) is 5.49. The second-order valence-corrected chi connectivity index (χ2v) is 7.05. The zero-order chi connectivity index (χ0) is 16.3. The van der Waals surface area contributed by atoms with Crippen molar-refractivity contribution in [1.82, 2.24) is 4.72 Å². The minimum Gasteiger partial charge on any atom is -0.479 e. The molecule has 21 heavy (non-hydrogen) atoms. The number of hydrogen-bond acceptors (Lipinski definition) is 4. The molecule has 0 saturated heterocycles. The van der Waals surface area contributed by atoms with Crippen molar-refractivity contribution in [2.24, 2.45) is 0 Å². The van der Waals surface area contributed by atoms with E-state index >= 15 is 0 Å². The van der Waals surface area contributed by atoms with Crippen LogP contribution in [-0.2, 0) is 14.8 Å². The van der Waals surface area contributed by atoms with Crippen molar-refractivity contribution in [3.05, 3.63) is 29.8 Å². The van der Waals surface area contributed by atoms with Gasteiger partial charge in [0.05, 0.1) is 11.4 Å². The van der Waals surface area contributed by atoms with Gasteiger partial charge in [-0.2, -0.15) is 0 Å². The first-order valence-electron chi connectivity index (χ1n) is 6.65. The molecule has 0 aromatic heterocycles. The first kappa shape index (κ1) is 17.6. The normalized spacial score (nSPS) is 16.2. The van der Waals surface area contributed by atoms with E-state index < -0.39 is 28.1 Å². The average Bonchev–Trinajstić information content (AvgIpc) is 2.44. The minimum atomic E-state index is -3.85. The smallest absolute Gasteiger partial charge is 0.336 e. The highest BCUT2D eigenvalue weighted by Crippen LogP contribution is 2.20. The zero-order valence-electron chi connectivity index (χ0n) is 12.3. The van der Waals surface area contributed by atoms with E-state index in [2.05, 4.69) is 4.72 Å². The van der Waals surface area contributed by atoms with Crippen molar-refractivity contribution < 1.29 is 23.4 Å². The van der Waals surface area contributed by atoms with E-state index in [0.717, 1.165) is 18.9 Å². The molecule has 0 amide bonds. The van der Waals surface area contributed by atoms with Crippen LogP contribution in [0.5, 0.6) is 0 Å².